The van der Waals surface area contributed by atoms with Crippen molar-refractivity contribution in [3.05, 3.63) is 46.5 Å². The van der Waals surface area contributed by atoms with Crippen LogP contribution in [0.5, 0.6) is 11.5 Å². The summed E-state index contributed by atoms with van der Waals surface area (Å²) in [4.78, 5) is 25.9. The number of rotatable bonds is 3. The highest BCUT2D eigenvalue weighted by atomic mass is 16.7. The topological polar surface area (TPSA) is 71.1 Å². The Balaban J connectivity index is 2.94. The van der Waals surface area contributed by atoms with E-state index in [1.165, 1.54) is 0 Å². The van der Waals surface area contributed by atoms with Gasteiger partial charge in [0.2, 0.25) is 0 Å². The van der Waals surface area contributed by atoms with Gasteiger partial charge in [0.15, 0.2) is 0 Å². The van der Waals surface area contributed by atoms with Crippen LogP contribution in [-0.4, -0.2) is 23.5 Å². The summed E-state index contributed by atoms with van der Waals surface area (Å²) in [6.07, 6.45) is -1.60. The van der Waals surface area contributed by atoms with Gasteiger partial charge < -0.3 is 18.9 Å². The molecule has 2 aromatic rings. The van der Waals surface area contributed by atoms with Gasteiger partial charge in [0.05, 0.1) is 0 Å². The highest BCUT2D eigenvalue weighted by Gasteiger charge is 2.31. The standard InChI is InChI=1S/C32H46O6/c1-19-15-21(25(23(17-19)29(3,4)5)35-27(33)37-31(9,10)11)22-16-20(2)18-24(30(6,7)8)26(22)36-28(34)38-32(12,13)14/h15-18H,1-14H3. The average molecular weight is 527 g/mol. The maximum absolute atomic E-state index is 12.9. The number of ether oxygens (including phenoxy) is 4. The monoisotopic (exact) mass is 526 g/mol. The minimum absolute atomic E-state index is 0.360. The van der Waals surface area contributed by atoms with Crippen molar-refractivity contribution in [1.29, 1.82) is 0 Å². The zero-order valence-electron chi connectivity index (χ0n) is 25.8. The van der Waals surface area contributed by atoms with Gasteiger partial charge in [0.25, 0.3) is 0 Å². The van der Waals surface area contributed by atoms with Crippen molar-refractivity contribution in [1.82, 2.24) is 0 Å². The molecule has 0 heterocycles. The van der Waals surface area contributed by atoms with E-state index in [0.717, 1.165) is 22.3 Å². The van der Waals surface area contributed by atoms with Gasteiger partial charge in [0, 0.05) is 22.3 Å². The van der Waals surface area contributed by atoms with Gasteiger partial charge in [-0.15, -0.1) is 0 Å². The maximum Gasteiger partial charge on any atom is 0.514 e. The van der Waals surface area contributed by atoms with Gasteiger partial charge in [-0.25, -0.2) is 9.59 Å². The van der Waals surface area contributed by atoms with Crippen molar-refractivity contribution in [2.45, 2.75) is 119 Å². The zero-order chi connectivity index (χ0) is 29.4. The Morgan fingerprint density at radius 2 is 0.816 bits per heavy atom. The number of hydrogen-bond acceptors (Lipinski definition) is 6. The smallest absolute Gasteiger partial charge is 0.428 e. The Bertz CT molecular complexity index is 1100. The molecule has 0 aliphatic carbocycles. The van der Waals surface area contributed by atoms with Crippen LogP contribution in [0.1, 0.15) is 105 Å². The summed E-state index contributed by atoms with van der Waals surface area (Å²) in [5.74, 6) is 0.744. The maximum atomic E-state index is 12.9. The fourth-order valence-electron chi connectivity index (χ4n) is 3.99. The van der Waals surface area contributed by atoms with Gasteiger partial charge in [-0.1, -0.05) is 53.7 Å². The third kappa shape index (κ3) is 8.50. The molecule has 0 spiro atoms. The van der Waals surface area contributed by atoms with Crippen LogP contribution < -0.4 is 9.47 Å². The van der Waals surface area contributed by atoms with E-state index in [1.54, 1.807) is 41.5 Å². The van der Waals surface area contributed by atoms with Gasteiger partial charge in [0.1, 0.15) is 22.7 Å². The summed E-state index contributed by atoms with van der Waals surface area (Å²) < 4.78 is 23.0. The molecule has 0 unspecified atom stereocenters. The van der Waals surface area contributed by atoms with Crippen LogP contribution in [-0.2, 0) is 20.3 Å². The van der Waals surface area contributed by atoms with Crippen molar-refractivity contribution in [2.24, 2.45) is 0 Å². The van der Waals surface area contributed by atoms with E-state index in [9.17, 15) is 9.59 Å². The van der Waals surface area contributed by atoms with Crippen molar-refractivity contribution in [2.75, 3.05) is 0 Å². The SMILES string of the molecule is Cc1cc(-c2cc(C)cc(C(C)(C)C)c2OC(=O)OC(C)(C)C)c(OC(=O)OC(C)(C)C)c(C(C)(C)C)c1. The highest BCUT2D eigenvalue weighted by Crippen LogP contribution is 2.47. The summed E-state index contributed by atoms with van der Waals surface area (Å²) in [5.41, 5.74) is 2.71. The molecule has 0 N–H and O–H groups in total. The van der Waals surface area contributed by atoms with E-state index in [2.05, 4.69) is 41.5 Å². The van der Waals surface area contributed by atoms with Crippen LogP contribution in [0, 0.1) is 13.8 Å². The van der Waals surface area contributed by atoms with Crippen LogP contribution in [0.25, 0.3) is 11.1 Å². The van der Waals surface area contributed by atoms with Gasteiger partial charge in [-0.3, -0.25) is 0 Å². The fourth-order valence-corrected chi connectivity index (χ4v) is 3.99. The quantitative estimate of drug-likeness (QED) is 0.293. The first-order valence-electron chi connectivity index (χ1n) is 13.1. The van der Waals surface area contributed by atoms with E-state index >= 15 is 0 Å². The molecule has 0 amide bonds. The third-order valence-corrected chi connectivity index (χ3v) is 5.52. The number of carbonyl (C=O) groups excluding carboxylic acids is 2. The molecule has 0 aliphatic heterocycles. The van der Waals surface area contributed by atoms with E-state index < -0.39 is 23.5 Å². The van der Waals surface area contributed by atoms with Gasteiger partial charge in [-0.2, -0.15) is 0 Å². The lowest BCUT2D eigenvalue weighted by Gasteiger charge is -2.29. The fraction of sp³-hybridized carbons (Fsp3) is 0.562. The molecule has 6 heteroatoms. The second-order valence-electron chi connectivity index (χ2n) is 14.0. The molecule has 0 fully saturated rings. The number of benzene rings is 2. The molecule has 0 saturated carbocycles. The summed E-state index contributed by atoms with van der Waals surface area (Å²) in [5, 5.41) is 0. The molecule has 0 atom stereocenters. The average Bonchev–Trinajstić information content (AvgIpc) is 2.65. The highest BCUT2D eigenvalue weighted by molar-refractivity contribution is 5.84. The lowest BCUT2D eigenvalue weighted by molar-refractivity contribution is 0.0186. The van der Waals surface area contributed by atoms with Crippen LogP contribution in [0.4, 0.5) is 9.59 Å². The Morgan fingerprint density at radius 1 is 0.526 bits per heavy atom. The van der Waals surface area contributed by atoms with Crippen LogP contribution in [0.3, 0.4) is 0 Å². The minimum atomic E-state index is -0.800. The molecule has 38 heavy (non-hydrogen) atoms. The Hall–Kier alpha value is -3.02. The second kappa shape index (κ2) is 10.6. The minimum Gasteiger partial charge on any atom is -0.428 e. The van der Waals surface area contributed by atoms with Crippen LogP contribution in [0.2, 0.25) is 0 Å². The Labute approximate surface area is 229 Å². The van der Waals surface area contributed by atoms with E-state index in [-0.39, 0.29) is 10.8 Å². The van der Waals surface area contributed by atoms with Gasteiger partial charge in [-0.05, 0) is 89.5 Å². The summed E-state index contributed by atoms with van der Waals surface area (Å²) in [6.45, 7) is 27.1. The molecule has 0 aromatic heterocycles. The van der Waals surface area contributed by atoms with E-state index in [0.29, 0.717) is 22.6 Å². The number of carbonyl (C=O) groups is 2. The zero-order valence-corrected chi connectivity index (χ0v) is 25.8. The summed E-state index contributed by atoms with van der Waals surface area (Å²) in [7, 11) is 0. The normalized spacial score (nSPS) is 12.7. The molecular weight excluding hydrogens is 480 g/mol. The van der Waals surface area contributed by atoms with Crippen molar-refractivity contribution >= 4 is 12.3 Å². The number of hydrogen-bond donors (Lipinski definition) is 0. The van der Waals surface area contributed by atoms with E-state index in [4.69, 9.17) is 18.9 Å². The molecule has 0 saturated heterocycles. The molecule has 0 radical (unpaired) electrons. The van der Waals surface area contributed by atoms with Crippen molar-refractivity contribution in [3.8, 4) is 22.6 Å². The number of aryl methyl sites for hydroxylation is 2. The second-order valence-corrected chi connectivity index (χ2v) is 14.0. The van der Waals surface area contributed by atoms with Crippen LogP contribution >= 0.6 is 0 Å². The first kappa shape index (κ1) is 31.2. The molecule has 0 aliphatic rings. The van der Waals surface area contributed by atoms with Crippen molar-refractivity contribution < 1.29 is 28.5 Å². The molecule has 2 aromatic carbocycles. The summed E-state index contributed by atoms with van der Waals surface area (Å²) >= 11 is 0. The van der Waals surface area contributed by atoms with E-state index in [1.807, 2.05) is 38.1 Å². The third-order valence-electron chi connectivity index (χ3n) is 5.52. The van der Waals surface area contributed by atoms with Gasteiger partial charge >= 0.3 is 12.3 Å². The molecule has 6 nitrogen and oxygen atoms in total. The van der Waals surface area contributed by atoms with Crippen molar-refractivity contribution in [3.63, 3.8) is 0 Å². The largest absolute Gasteiger partial charge is 0.514 e. The molecular formula is C32H46O6. The van der Waals surface area contributed by atoms with Crippen LogP contribution in [0.15, 0.2) is 24.3 Å². The summed E-state index contributed by atoms with van der Waals surface area (Å²) in [6, 6.07) is 7.91. The Kier molecular flexibility index (Phi) is 8.72. The first-order valence-corrected chi connectivity index (χ1v) is 13.1. The lowest BCUT2D eigenvalue weighted by Crippen LogP contribution is -2.27. The first-order chi connectivity index (χ1) is 17.0. The predicted octanol–water partition coefficient (Wildman–Crippen LogP) is 9.19. The Morgan fingerprint density at radius 3 is 1.05 bits per heavy atom. The predicted molar refractivity (Wildman–Crippen MR) is 152 cm³/mol. The molecule has 210 valence electrons. The molecule has 0 bridgehead atoms. The molecule has 2 rings (SSSR count). The lowest BCUT2D eigenvalue weighted by atomic mass is 9.80.